The molecule has 1 atom stereocenters. The van der Waals surface area contributed by atoms with E-state index < -0.39 is 0 Å². The Balaban J connectivity index is 0.000000251. The topological polar surface area (TPSA) is 43.7 Å². The van der Waals surface area contributed by atoms with Gasteiger partial charge in [0.15, 0.2) is 0 Å². The van der Waals surface area contributed by atoms with Crippen LogP contribution in [-0.4, -0.2) is 40.9 Å². The number of fused-ring (bicyclic) bond motifs is 3. The summed E-state index contributed by atoms with van der Waals surface area (Å²) < 4.78 is 0. The fourth-order valence-electron chi connectivity index (χ4n) is 1.96. The van der Waals surface area contributed by atoms with E-state index in [9.17, 15) is 5.11 Å². The maximum absolute atomic E-state index is 9.53. The number of aliphatic hydroxyl groups excluding tert-OH is 2. The SMILES string of the molecule is C=C1C(O)C2CCN1CC2.CCO. The maximum Gasteiger partial charge on any atom is 0.0959 e. The van der Waals surface area contributed by atoms with Gasteiger partial charge in [-0.1, -0.05) is 6.58 Å². The summed E-state index contributed by atoms with van der Waals surface area (Å²) in [5.41, 5.74) is 0.947. The van der Waals surface area contributed by atoms with Gasteiger partial charge in [0, 0.05) is 25.4 Å². The van der Waals surface area contributed by atoms with E-state index >= 15 is 0 Å². The van der Waals surface area contributed by atoms with E-state index in [0.717, 1.165) is 31.6 Å². The Bertz CT molecular complexity index is 170. The molecule has 2 N–H and O–H groups in total. The van der Waals surface area contributed by atoms with Gasteiger partial charge in [0.05, 0.1) is 6.10 Å². The quantitative estimate of drug-likeness (QED) is 0.580. The zero-order chi connectivity index (χ0) is 9.84. The van der Waals surface area contributed by atoms with E-state index in [1.54, 1.807) is 6.92 Å². The fraction of sp³-hybridized carbons (Fsp3) is 0.800. The average Bonchev–Trinajstić information content (AvgIpc) is 2.15. The number of aliphatic hydroxyl groups is 2. The van der Waals surface area contributed by atoms with Crippen molar-refractivity contribution < 1.29 is 10.2 Å². The van der Waals surface area contributed by atoms with E-state index in [2.05, 4.69) is 11.5 Å². The van der Waals surface area contributed by atoms with Crippen LogP contribution in [-0.2, 0) is 0 Å². The molecule has 0 aromatic heterocycles. The zero-order valence-electron chi connectivity index (χ0n) is 8.24. The van der Waals surface area contributed by atoms with E-state index in [1.807, 2.05) is 0 Å². The van der Waals surface area contributed by atoms with Crippen LogP contribution in [0.2, 0.25) is 0 Å². The molecule has 0 aliphatic carbocycles. The summed E-state index contributed by atoms with van der Waals surface area (Å²) >= 11 is 0. The zero-order valence-corrected chi connectivity index (χ0v) is 8.24. The first kappa shape index (κ1) is 10.5. The van der Waals surface area contributed by atoms with Crippen LogP contribution in [0, 0.1) is 5.92 Å². The number of rotatable bonds is 0. The smallest absolute Gasteiger partial charge is 0.0959 e. The van der Waals surface area contributed by atoms with Gasteiger partial charge in [0.1, 0.15) is 0 Å². The van der Waals surface area contributed by atoms with Crippen molar-refractivity contribution in [2.75, 3.05) is 19.7 Å². The molecule has 3 aliphatic rings. The van der Waals surface area contributed by atoms with Gasteiger partial charge in [-0.3, -0.25) is 0 Å². The Hall–Kier alpha value is -0.540. The Kier molecular flexibility index (Phi) is 3.75. The Labute approximate surface area is 79.7 Å². The molecule has 0 radical (unpaired) electrons. The van der Waals surface area contributed by atoms with Crippen LogP contribution in [0.25, 0.3) is 0 Å². The highest BCUT2D eigenvalue weighted by molar-refractivity contribution is 5.10. The van der Waals surface area contributed by atoms with Crippen LogP contribution in [0.1, 0.15) is 19.8 Å². The van der Waals surface area contributed by atoms with Crippen molar-refractivity contribution in [1.82, 2.24) is 4.90 Å². The summed E-state index contributed by atoms with van der Waals surface area (Å²) in [7, 11) is 0. The maximum atomic E-state index is 9.53. The average molecular weight is 185 g/mol. The summed E-state index contributed by atoms with van der Waals surface area (Å²) in [6.45, 7) is 8.01. The molecule has 3 heteroatoms. The van der Waals surface area contributed by atoms with Gasteiger partial charge in [-0.05, 0) is 25.7 Å². The minimum absolute atomic E-state index is 0.234. The standard InChI is InChI=1S/C8H13NO.C2H6O/c1-6-8(10)7-2-4-9(6)5-3-7;1-2-3/h7-8,10H,1-5H2;3H,2H2,1H3. The Morgan fingerprint density at radius 1 is 1.46 bits per heavy atom. The molecule has 3 heterocycles. The predicted molar refractivity (Wildman–Crippen MR) is 52.2 cm³/mol. The van der Waals surface area contributed by atoms with Gasteiger partial charge in [-0.25, -0.2) is 0 Å². The molecule has 0 spiro atoms. The van der Waals surface area contributed by atoms with Crippen molar-refractivity contribution in [3.63, 3.8) is 0 Å². The molecule has 1 unspecified atom stereocenters. The van der Waals surface area contributed by atoms with Gasteiger partial charge in [-0.2, -0.15) is 0 Å². The minimum Gasteiger partial charge on any atom is -0.397 e. The van der Waals surface area contributed by atoms with Crippen molar-refractivity contribution in [3.05, 3.63) is 12.3 Å². The van der Waals surface area contributed by atoms with E-state index in [1.165, 1.54) is 0 Å². The van der Waals surface area contributed by atoms with Crippen LogP contribution in [0.15, 0.2) is 12.3 Å². The summed E-state index contributed by atoms with van der Waals surface area (Å²) in [5, 5.41) is 17.1. The molecule has 3 saturated heterocycles. The van der Waals surface area contributed by atoms with Gasteiger partial charge in [-0.15, -0.1) is 0 Å². The van der Waals surface area contributed by atoms with Crippen LogP contribution in [0.5, 0.6) is 0 Å². The lowest BCUT2D eigenvalue weighted by Crippen LogP contribution is -2.47. The van der Waals surface area contributed by atoms with Crippen LogP contribution in [0.3, 0.4) is 0 Å². The molecule has 3 rings (SSSR count). The van der Waals surface area contributed by atoms with Crippen molar-refractivity contribution in [2.24, 2.45) is 5.92 Å². The lowest BCUT2D eigenvalue weighted by atomic mass is 9.84. The largest absolute Gasteiger partial charge is 0.397 e. The van der Waals surface area contributed by atoms with Gasteiger partial charge in [0.25, 0.3) is 0 Å². The number of nitrogens with zero attached hydrogens (tertiary/aromatic N) is 1. The second-order valence-electron chi connectivity index (χ2n) is 3.58. The van der Waals surface area contributed by atoms with Gasteiger partial charge >= 0.3 is 0 Å². The molecule has 76 valence electrons. The lowest BCUT2D eigenvalue weighted by molar-refractivity contribution is 0.0205. The van der Waals surface area contributed by atoms with E-state index in [-0.39, 0.29) is 12.7 Å². The van der Waals surface area contributed by atoms with Crippen LogP contribution >= 0.6 is 0 Å². The first-order valence-electron chi connectivity index (χ1n) is 4.93. The molecule has 2 bridgehead atoms. The van der Waals surface area contributed by atoms with Crippen LogP contribution < -0.4 is 0 Å². The summed E-state index contributed by atoms with van der Waals surface area (Å²) in [6, 6.07) is 0. The predicted octanol–water partition coefficient (Wildman–Crippen LogP) is 0.585. The van der Waals surface area contributed by atoms with E-state index in [4.69, 9.17) is 5.11 Å². The highest BCUT2D eigenvalue weighted by atomic mass is 16.3. The van der Waals surface area contributed by atoms with Gasteiger partial charge < -0.3 is 15.1 Å². The molecule has 0 aromatic carbocycles. The highest BCUT2D eigenvalue weighted by Crippen LogP contribution is 2.33. The molecule has 13 heavy (non-hydrogen) atoms. The van der Waals surface area contributed by atoms with Crippen molar-refractivity contribution in [2.45, 2.75) is 25.9 Å². The molecule has 0 saturated carbocycles. The molecule has 0 aromatic rings. The monoisotopic (exact) mass is 185 g/mol. The molecule has 0 amide bonds. The third-order valence-electron chi connectivity index (χ3n) is 2.73. The minimum atomic E-state index is -0.234. The number of hydrogen-bond donors (Lipinski definition) is 2. The number of piperidine rings is 3. The second kappa shape index (κ2) is 4.63. The molecule has 3 nitrogen and oxygen atoms in total. The molecular weight excluding hydrogens is 166 g/mol. The highest BCUT2D eigenvalue weighted by Gasteiger charge is 2.35. The van der Waals surface area contributed by atoms with E-state index in [0.29, 0.717) is 5.92 Å². The first-order valence-corrected chi connectivity index (χ1v) is 4.93. The Morgan fingerprint density at radius 2 is 1.92 bits per heavy atom. The Morgan fingerprint density at radius 3 is 2.15 bits per heavy atom. The van der Waals surface area contributed by atoms with Crippen molar-refractivity contribution >= 4 is 0 Å². The van der Waals surface area contributed by atoms with Gasteiger partial charge in [0.2, 0.25) is 0 Å². The molecule has 3 fully saturated rings. The molecular formula is C10H19NO2. The normalized spacial score (nSPS) is 31.3. The number of hydrogen-bond acceptors (Lipinski definition) is 3. The lowest BCUT2D eigenvalue weighted by Gasteiger charge is -2.45. The fourth-order valence-corrected chi connectivity index (χ4v) is 1.96. The summed E-state index contributed by atoms with van der Waals surface area (Å²) in [6.07, 6.45) is 2.07. The summed E-state index contributed by atoms with van der Waals surface area (Å²) in [5.74, 6) is 0.512. The third kappa shape index (κ3) is 2.23. The second-order valence-corrected chi connectivity index (χ2v) is 3.58. The first-order chi connectivity index (χ1) is 6.20. The third-order valence-corrected chi connectivity index (χ3v) is 2.73. The van der Waals surface area contributed by atoms with Crippen molar-refractivity contribution in [1.29, 1.82) is 0 Å². The van der Waals surface area contributed by atoms with Crippen molar-refractivity contribution in [3.8, 4) is 0 Å². The molecule has 3 aliphatic heterocycles. The van der Waals surface area contributed by atoms with Crippen LogP contribution in [0.4, 0.5) is 0 Å². The summed E-state index contributed by atoms with van der Waals surface area (Å²) in [4.78, 5) is 2.20.